The molecule has 0 rings (SSSR count). The summed E-state index contributed by atoms with van der Waals surface area (Å²) in [5.41, 5.74) is 0. The Balaban J connectivity index is 3.27. The molecule has 0 N–H and O–H groups in total. The lowest BCUT2D eigenvalue weighted by atomic mass is 10.1. The molecule has 0 aromatic rings. The van der Waals surface area contributed by atoms with E-state index in [1.165, 1.54) is 64.2 Å². The zero-order valence-electron chi connectivity index (χ0n) is 19.2. The highest BCUT2D eigenvalue weighted by Gasteiger charge is 2.04. The Morgan fingerprint density at radius 3 is 1.28 bits per heavy atom. The molecule has 29 heavy (non-hydrogen) atoms. The molecule has 0 aromatic heterocycles. The van der Waals surface area contributed by atoms with Gasteiger partial charge in [0.2, 0.25) is 0 Å². The van der Waals surface area contributed by atoms with E-state index in [4.69, 9.17) is 9.47 Å². The Hall–Kier alpha value is -0.710. The van der Waals surface area contributed by atoms with Gasteiger partial charge in [-0.25, -0.2) is 0 Å². The van der Waals surface area contributed by atoms with Crippen LogP contribution in [0.3, 0.4) is 0 Å². The van der Waals surface area contributed by atoms with Crippen LogP contribution >= 0.6 is 11.8 Å². The standard InChI is InChI=1S/C24H46O4S/c1-3-5-7-9-11-13-15-17-23(25)27-19-21-29-22-20-28-24(26)18-16-14-12-10-8-6-4-2/h3-22H2,1-2H3. The smallest absolute Gasteiger partial charge is 0.305 e. The fraction of sp³-hybridized carbons (Fsp3) is 0.917. The van der Waals surface area contributed by atoms with Crippen LogP contribution in [-0.2, 0) is 19.1 Å². The number of rotatable bonds is 22. The summed E-state index contributed by atoms with van der Waals surface area (Å²) in [6.45, 7) is 5.34. The number of esters is 2. The van der Waals surface area contributed by atoms with Gasteiger partial charge in [-0.3, -0.25) is 9.59 Å². The summed E-state index contributed by atoms with van der Waals surface area (Å²) in [6, 6.07) is 0. The van der Waals surface area contributed by atoms with Crippen LogP contribution in [-0.4, -0.2) is 36.7 Å². The minimum atomic E-state index is -0.0831. The second kappa shape index (κ2) is 23.6. The zero-order valence-corrected chi connectivity index (χ0v) is 20.0. The summed E-state index contributed by atoms with van der Waals surface area (Å²) in [7, 11) is 0. The predicted molar refractivity (Wildman–Crippen MR) is 124 cm³/mol. The van der Waals surface area contributed by atoms with Crippen LogP contribution in [0.15, 0.2) is 0 Å². The van der Waals surface area contributed by atoms with Gasteiger partial charge in [0.1, 0.15) is 13.2 Å². The van der Waals surface area contributed by atoms with Crippen molar-refractivity contribution in [1.29, 1.82) is 0 Å². The third-order valence-electron chi connectivity index (χ3n) is 4.95. The van der Waals surface area contributed by atoms with Crippen LogP contribution in [0.5, 0.6) is 0 Å². The molecule has 0 saturated carbocycles. The Morgan fingerprint density at radius 1 is 0.552 bits per heavy atom. The lowest BCUT2D eigenvalue weighted by molar-refractivity contribution is -0.143. The molecule has 4 nitrogen and oxygen atoms in total. The highest BCUT2D eigenvalue weighted by Crippen LogP contribution is 2.10. The lowest BCUT2D eigenvalue weighted by Gasteiger charge is -2.06. The quantitative estimate of drug-likeness (QED) is 0.136. The molecule has 0 aliphatic carbocycles. The summed E-state index contributed by atoms with van der Waals surface area (Å²) in [5.74, 6) is 1.36. The highest BCUT2D eigenvalue weighted by atomic mass is 32.2. The van der Waals surface area contributed by atoms with E-state index < -0.39 is 0 Å². The largest absolute Gasteiger partial charge is 0.465 e. The van der Waals surface area contributed by atoms with Gasteiger partial charge in [0, 0.05) is 24.3 Å². The van der Waals surface area contributed by atoms with E-state index in [9.17, 15) is 9.59 Å². The zero-order chi connectivity index (χ0) is 21.4. The van der Waals surface area contributed by atoms with Crippen LogP contribution in [0.2, 0.25) is 0 Å². The number of thioether (sulfide) groups is 1. The Kier molecular flexibility index (Phi) is 23.0. The number of hydrogen-bond acceptors (Lipinski definition) is 5. The van der Waals surface area contributed by atoms with Crippen LogP contribution < -0.4 is 0 Å². The molecule has 0 radical (unpaired) electrons. The first-order valence-corrected chi connectivity index (χ1v) is 13.2. The molecule has 0 atom stereocenters. The summed E-state index contributed by atoms with van der Waals surface area (Å²) >= 11 is 1.66. The lowest BCUT2D eigenvalue weighted by Crippen LogP contribution is -2.09. The maximum atomic E-state index is 11.7. The van der Waals surface area contributed by atoms with E-state index in [0.29, 0.717) is 26.1 Å². The maximum absolute atomic E-state index is 11.7. The van der Waals surface area contributed by atoms with Crippen LogP contribution in [0, 0.1) is 0 Å². The SMILES string of the molecule is CCCCCCCCCC(=O)OCCSCCOC(=O)CCCCCCCCC. The van der Waals surface area contributed by atoms with Gasteiger partial charge in [0.05, 0.1) is 0 Å². The number of carbonyl (C=O) groups excluding carboxylic acids is 2. The van der Waals surface area contributed by atoms with Crippen LogP contribution in [0.1, 0.15) is 117 Å². The van der Waals surface area contributed by atoms with Crippen molar-refractivity contribution in [3.05, 3.63) is 0 Å². The van der Waals surface area contributed by atoms with Crippen LogP contribution in [0.4, 0.5) is 0 Å². The molecule has 172 valence electrons. The molecule has 0 bridgehead atoms. The van der Waals surface area contributed by atoms with E-state index in [0.717, 1.165) is 37.2 Å². The molecule has 5 heteroatoms. The fourth-order valence-electron chi connectivity index (χ4n) is 3.13. The van der Waals surface area contributed by atoms with Gasteiger partial charge in [-0.05, 0) is 12.8 Å². The van der Waals surface area contributed by atoms with Crippen molar-refractivity contribution in [1.82, 2.24) is 0 Å². The second-order valence-corrected chi connectivity index (χ2v) is 9.02. The van der Waals surface area contributed by atoms with Gasteiger partial charge in [-0.15, -0.1) is 0 Å². The van der Waals surface area contributed by atoms with Gasteiger partial charge >= 0.3 is 11.9 Å². The first kappa shape index (κ1) is 28.3. The third kappa shape index (κ3) is 23.4. The van der Waals surface area contributed by atoms with E-state index in [1.54, 1.807) is 11.8 Å². The highest BCUT2D eigenvalue weighted by molar-refractivity contribution is 7.99. The Labute approximate surface area is 184 Å². The predicted octanol–water partition coefficient (Wildman–Crippen LogP) is 7.09. The molecule has 0 heterocycles. The summed E-state index contributed by atoms with van der Waals surface area (Å²) in [5, 5.41) is 0. The third-order valence-corrected chi connectivity index (χ3v) is 5.86. The molecule has 0 amide bonds. The molecular weight excluding hydrogens is 384 g/mol. The normalized spacial score (nSPS) is 10.8. The summed E-state index contributed by atoms with van der Waals surface area (Å²) < 4.78 is 10.5. The van der Waals surface area contributed by atoms with Crippen molar-refractivity contribution in [3.63, 3.8) is 0 Å². The Bertz CT molecular complexity index is 340. The number of hydrogen-bond donors (Lipinski definition) is 0. The van der Waals surface area contributed by atoms with Gasteiger partial charge in [-0.2, -0.15) is 11.8 Å². The minimum Gasteiger partial charge on any atom is -0.465 e. The van der Waals surface area contributed by atoms with Crippen molar-refractivity contribution in [2.24, 2.45) is 0 Å². The molecule has 0 aromatic carbocycles. The fourth-order valence-corrected chi connectivity index (χ4v) is 3.73. The molecule has 0 spiro atoms. The average molecular weight is 431 g/mol. The van der Waals surface area contributed by atoms with E-state index in [2.05, 4.69) is 13.8 Å². The van der Waals surface area contributed by atoms with Gasteiger partial charge < -0.3 is 9.47 Å². The van der Waals surface area contributed by atoms with Gasteiger partial charge in [0.25, 0.3) is 0 Å². The van der Waals surface area contributed by atoms with Crippen molar-refractivity contribution < 1.29 is 19.1 Å². The number of unbranched alkanes of at least 4 members (excludes halogenated alkanes) is 12. The van der Waals surface area contributed by atoms with E-state index >= 15 is 0 Å². The molecule has 0 saturated heterocycles. The average Bonchev–Trinajstić information content (AvgIpc) is 2.71. The molecule has 0 aliphatic rings. The summed E-state index contributed by atoms with van der Waals surface area (Å²) in [4.78, 5) is 23.3. The van der Waals surface area contributed by atoms with Crippen molar-refractivity contribution in [2.45, 2.75) is 117 Å². The second-order valence-electron chi connectivity index (χ2n) is 7.80. The van der Waals surface area contributed by atoms with Crippen molar-refractivity contribution in [2.75, 3.05) is 24.7 Å². The maximum Gasteiger partial charge on any atom is 0.305 e. The molecule has 0 fully saturated rings. The summed E-state index contributed by atoms with van der Waals surface area (Å²) in [6.07, 6.45) is 18.0. The Morgan fingerprint density at radius 2 is 0.897 bits per heavy atom. The molecule has 0 aliphatic heterocycles. The van der Waals surface area contributed by atoms with E-state index in [1.807, 2.05) is 0 Å². The molecule has 0 unspecified atom stereocenters. The molecular formula is C24H46O4S. The van der Waals surface area contributed by atoms with Crippen molar-refractivity contribution >= 4 is 23.7 Å². The number of carbonyl (C=O) groups is 2. The van der Waals surface area contributed by atoms with Gasteiger partial charge in [0.15, 0.2) is 0 Å². The van der Waals surface area contributed by atoms with E-state index in [-0.39, 0.29) is 11.9 Å². The van der Waals surface area contributed by atoms with Crippen molar-refractivity contribution in [3.8, 4) is 0 Å². The monoisotopic (exact) mass is 430 g/mol. The van der Waals surface area contributed by atoms with Crippen LogP contribution in [0.25, 0.3) is 0 Å². The first-order valence-electron chi connectivity index (χ1n) is 12.1. The first-order chi connectivity index (χ1) is 14.2. The topological polar surface area (TPSA) is 52.6 Å². The number of ether oxygens (including phenoxy) is 2. The van der Waals surface area contributed by atoms with Gasteiger partial charge in [-0.1, -0.05) is 90.9 Å². The minimum absolute atomic E-state index is 0.0831.